The second-order valence-corrected chi connectivity index (χ2v) is 6.66. The number of aliphatic hydroxyl groups is 1. The van der Waals surface area contributed by atoms with Crippen molar-refractivity contribution >= 4 is 11.8 Å². The third kappa shape index (κ3) is 2.98. The smallest absolute Gasteiger partial charge is 0.245 e. The molecule has 0 bridgehead atoms. The average molecular weight is 316 g/mol. The van der Waals surface area contributed by atoms with Crippen LogP contribution in [0.2, 0.25) is 0 Å². The predicted molar refractivity (Wildman–Crippen MR) is 86.5 cm³/mol. The molecule has 5 heteroatoms. The molecule has 1 fully saturated rings. The Balaban J connectivity index is 1.86. The molecule has 5 nitrogen and oxygen atoms in total. The Labute approximate surface area is 136 Å². The van der Waals surface area contributed by atoms with E-state index in [2.05, 4.69) is 0 Å². The third-order valence-electron chi connectivity index (χ3n) is 5.02. The van der Waals surface area contributed by atoms with E-state index in [9.17, 15) is 14.7 Å². The number of hydrogen-bond acceptors (Lipinski definition) is 3. The number of nitrogens with zero attached hydrogens (tertiary/aromatic N) is 2. The number of benzene rings is 1. The minimum atomic E-state index is -0.445. The van der Waals surface area contributed by atoms with Crippen LogP contribution in [0.3, 0.4) is 0 Å². The van der Waals surface area contributed by atoms with E-state index in [-0.39, 0.29) is 17.7 Å². The quantitative estimate of drug-likeness (QED) is 0.911. The molecular weight excluding hydrogens is 292 g/mol. The van der Waals surface area contributed by atoms with Gasteiger partial charge >= 0.3 is 0 Å². The lowest BCUT2D eigenvalue weighted by atomic mass is 9.91. The van der Waals surface area contributed by atoms with Crippen LogP contribution in [0.5, 0.6) is 0 Å². The van der Waals surface area contributed by atoms with Crippen molar-refractivity contribution < 1.29 is 14.7 Å². The molecular formula is C18H24N2O3. The van der Waals surface area contributed by atoms with Crippen molar-refractivity contribution in [2.24, 2.45) is 5.92 Å². The van der Waals surface area contributed by atoms with Crippen molar-refractivity contribution in [2.45, 2.75) is 45.4 Å². The zero-order valence-electron chi connectivity index (χ0n) is 13.7. The van der Waals surface area contributed by atoms with Gasteiger partial charge in [-0.25, -0.2) is 0 Å². The van der Waals surface area contributed by atoms with Crippen LogP contribution >= 0.6 is 0 Å². The Kier molecular flexibility index (Phi) is 4.39. The maximum Gasteiger partial charge on any atom is 0.245 e. The molecule has 1 N–H and O–H groups in total. The van der Waals surface area contributed by atoms with E-state index in [1.807, 2.05) is 38.1 Å². The van der Waals surface area contributed by atoms with Crippen LogP contribution in [-0.4, -0.2) is 52.0 Å². The molecule has 2 atom stereocenters. The van der Waals surface area contributed by atoms with Crippen molar-refractivity contribution in [1.82, 2.24) is 9.80 Å². The molecule has 2 unspecified atom stereocenters. The molecule has 0 spiro atoms. The molecule has 1 aromatic carbocycles. The maximum atomic E-state index is 12.8. The summed E-state index contributed by atoms with van der Waals surface area (Å²) < 4.78 is 0. The first-order valence-electron chi connectivity index (χ1n) is 8.35. The summed E-state index contributed by atoms with van der Waals surface area (Å²) >= 11 is 0. The molecule has 1 aromatic rings. The van der Waals surface area contributed by atoms with Gasteiger partial charge in [0.1, 0.15) is 6.04 Å². The minimum absolute atomic E-state index is 0.0403. The van der Waals surface area contributed by atoms with Crippen molar-refractivity contribution in [3.63, 3.8) is 0 Å². The van der Waals surface area contributed by atoms with E-state index in [1.165, 1.54) is 0 Å². The predicted octanol–water partition coefficient (Wildman–Crippen LogP) is 1.19. The number of carbonyl (C=O) groups is 2. The molecule has 3 rings (SSSR count). The van der Waals surface area contributed by atoms with Gasteiger partial charge in [0.25, 0.3) is 0 Å². The molecule has 0 saturated carbocycles. The van der Waals surface area contributed by atoms with Gasteiger partial charge in [0.15, 0.2) is 0 Å². The number of hydrogen-bond donors (Lipinski definition) is 1. The first-order chi connectivity index (χ1) is 11.0. The van der Waals surface area contributed by atoms with Crippen molar-refractivity contribution in [2.75, 3.05) is 13.1 Å². The van der Waals surface area contributed by atoms with E-state index in [0.29, 0.717) is 26.1 Å². The van der Waals surface area contributed by atoms with Gasteiger partial charge in [-0.15, -0.1) is 0 Å². The number of likely N-dealkylation sites (tertiary alicyclic amines) is 1. The standard InChI is InChI=1S/C18H24N2O3/c1-3-12(2)17(22)20-9-14-7-5-4-6-13(14)8-16(20)18(23)19-10-15(21)11-19/h4-7,12,15-16,21H,3,8-11H2,1-2H3. The van der Waals surface area contributed by atoms with Crippen molar-refractivity contribution in [3.8, 4) is 0 Å². The summed E-state index contributed by atoms with van der Waals surface area (Å²) in [5.41, 5.74) is 2.26. The summed E-state index contributed by atoms with van der Waals surface area (Å²) in [5, 5.41) is 9.45. The fourth-order valence-electron chi connectivity index (χ4n) is 3.28. The van der Waals surface area contributed by atoms with Crippen LogP contribution in [0.15, 0.2) is 24.3 Å². The van der Waals surface area contributed by atoms with E-state index < -0.39 is 12.1 Å². The Morgan fingerprint density at radius 2 is 1.91 bits per heavy atom. The van der Waals surface area contributed by atoms with Gasteiger partial charge in [0, 0.05) is 32.0 Å². The molecule has 0 aromatic heterocycles. The number of carbonyl (C=O) groups excluding carboxylic acids is 2. The van der Waals surface area contributed by atoms with E-state index >= 15 is 0 Å². The first-order valence-corrected chi connectivity index (χ1v) is 8.35. The number of fused-ring (bicyclic) bond motifs is 1. The molecule has 0 aliphatic carbocycles. The number of amides is 2. The molecule has 0 radical (unpaired) electrons. The summed E-state index contributed by atoms with van der Waals surface area (Å²) in [6.07, 6.45) is 0.901. The van der Waals surface area contributed by atoms with Crippen LogP contribution in [0, 0.1) is 5.92 Å². The lowest BCUT2D eigenvalue weighted by Gasteiger charge is -2.43. The van der Waals surface area contributed by atoms with Crippen molar-refractivity contribution in [1.29, 1.82) is 0 Å². The Hall–Kier alpha value is -1.88. The Bertz CT molecular complexity index is 610. The second kappa shape index (κ2) is 6.32. The van der Waals surface area contributed by atoms with Crippen LogP contribution in [-0.2, 0) is 22.6 Å². The average Bonchev–Trinajstić information content (AvgIpc) is 2.55. The molecule has 23 heavy (non-hydrogen) atoms. The van der Waals surface area contributed by atoms with Gasteiger partial charge in [-0.3, -0.25) is 9.59 Å². The summed E-state index contributed by atoms with van der Waals surface area (Å²) in [6.45, 7) is 5.15. The highest BCUT2D eigenvalue weighted by Gasteiger charge is 2.40. The largest absolute Gasteiger partial charge is 0.389 e. The van der Waals surface area contributed by atoms with Gasteiger partial charge in [0.05, 0.1) is 6.10 Å². The van der Waals surface area contributed by atoms with Gasteiger partial charge in [-0.1, -0.05) is 38.1 Å². The SMILES string of the molecule is CCC(C)C(=O)N1Cc2ccccc2CC1C(=O)N1CC(O)C1. The summed E-state index contributed by atoms with van der Waals surface area (Å²) in [4.78, 5) is 28.9. The molecule has 2 aliphatic rings. The summed E-state index contributed by atoms with van der Waals surface area (Å²) in [7, 11) is 0. The Morgan fingerprint density at radius 1 is 1.26 bits per heavy atom. The fraction of sp³-hybridized carbons (Fsp3) is 0.556. The zero-order valence-corrected chi connectivity index (χ0v) is 13.7. The van der Waals surface area contributed by atoms with Crippen molar-refractivity contribution in [3.05, 3.63) is 35.4 Å². The van der Waals surface area contributed by atoms with E-state index in [1.54, 1.807) is 9.80 Å². The third-order valence-corrected chi connectivity index (χ3v) is 5.02. The van der Waals surface area contributed by atoms with Gasteiger partial charge in [0.2, 0.25) is 11.8 Å². The first kappa shape index (κ1) is 16.0. The molecule has 2 amide bonds. The highest BCUT2D eigenvalue weighted by Crippen LogP contribution is 2.27. The van der Waals surface area contributed by atoms with Crippen LogP contribution in [0.4, 0.5) is 0 Å². The highest BCUT2D eigenvalue weighted by molar-refractivity contribution is 5.89. The monoisotopic (exact) mass is 316 g/mol. The summed E-state index contributed by atoms with van der Waals surface area (Å²) in [5.74, 6) is -0.0829. The number of β-amino-alcohol motifs (C(OH)–C–C–N with tert-alkyl or cyclic N) is 1. The molecule has 124 valence electrons. The lowest BCUT2D eigenvalue weighted by Crippen LogP contribution is -2.61. The molecule has 2 heterocycles. The molecule has 1 saturated heterocycles. The topological polar surface area (TPSA) is 60.9 Å². The second-order valence-electron chi connectivity index (χ2n) is 6.66. The normalized spacial score (nSPS) is 22.3. The zero-order chi connectivity index (χ0) is 16.6. The van der Waals surface area contributed by atoms with Crippen LogP contribution in [0.25, 0.3) is 0 Å². The number of rotatable bonds is 3. The Morgan fingerprint density at radius 3 is 2.52 bits per heavy atom. The van der Waals surface area contributed by atoms with E-state index in [4.69, 9.17) is 0 Å². The summed E-state index contributed by atoms with van der Waals surface area (Å²) in [6, 6.07) is 7.56. The minimum Gasteiger partial charge on any atom is -0.389 e. The van der Waals surface area contributed by atoms with Gasteiger partial charge < -0.3 is 14.9 Å². The number of aliphatic hydroxyl groups excluding tert-OH is 1. The highest BCUT2D eigenvalue weighted by atomic mass is 16.3. The lowest BCUT2D eigenvalue weighted by molar-refractivity contribution is -0.155. The van der Waals surface area contributed by atoms with E-state index in [0.717, 1.165) is 17.5 Å². The van der Waals surface area contributed by atoms with Gasteiger partial charge in [-0.05, 0) is 17.5 Å². The maximum absolute atomic E-state index is 12.8. The molecule has 2 aliphatic heterocycles. The van der Waals surface area contributed by atoms with Gasteiger partial charge in [-0.2, -0.15) is 0 Å². The van der Waals surface area contributed by atoms with Crippen LogP contribution < -0.4 is 0 Å². The fourth-order valence-corrected chi connectivity index (χ4v) is 3.28. The van der Waals surface area contributed by atoms with Crippen LogP contribution in [0.1, 0.15) is 31.4 Å².